The van der Waals surface area contributed by atoms with E-state index in [0.29, 0.717) is 18.7 Å². The fourth-order valence-electron chi connectivity index (χ4n) is 4.28. The summed E-state index contributed by atoms with van der Waals surface area (Å²) in [7, 11) is -3.25. The molecule has 2 fully saturated rings. The summed E-state index contributed by atoms with van der Waals surface area (Å²) in [5, 5.41) is 7.82. The van der Waals surface area contributed by atoms with E-state index in [9.17, 15) is 27.6 Å². The minimum absolute atomic E-state index is 0.0553. The first-order valence-electron chi connectivity index (χ1n) is 9.65. The third-order valence-electron chi connectivity index (χ3n) is 5.82. The van der Waals surface area contributed by atoms with E-state index in [1.165, 1.54) is 12.3 Å². The number of sulfone groups is 1. The molecular weight excluding hydrogens is 412 g/mol. The van der Waals surface area contributed by atoms with E-state index in [4.69, 9.17) is 0 Å². The van der Waals surface area contributed by atoms with Crippen molar-refractivity contribution in [3.63, 3.8) is 0 Å². The number of carbonyl (C=O) groups is 4. The fourth-order valence-corrected chi connectivity index (χ4v) is 5.49. The minimum Gasteiger partial charge on any atom is -0.314 e. The number of hydrogen-bond donors (Lipinski definition) is 3. The number of fused-ring (bicyclic) bond motifs is 1. The number of imide groups is 2. The molecule has 0 bridgehead atoms. The first-order chi connectivity index (χ1) is 14.2. The Hall–Kier alpha value is -2.63. The summed E-state index contributed by atoms with van der Waals surface area (Å²) in [5.41, 5.74) is 0.967. The quantitative estimate of drug-likeness (QED) is 0.479. The lowest BCUT2D eigenvalue weighted by Crippen LogP contribution is -2.54. The van der Waals surface area contributed by atoms with Gasteiger partial charge in [0, 0.05) is 38.4 Å². The topological polar surface area (TPSA) is 142 Å². The van der Waals surface area contributed by atoms with E-state index < -0.39 is 44.8 Å². The van der Waals surface area contributed by atoms with Gasteiger partial charge >= 0.3 is 0 Å². The molecule has 1 aromatic rings. The van der Waals surface area contributed by atoms with Crippen LogP contribution in [0.15, 0.2) is 18.2 Å². The molecule has 10 nitrogen and oxygen atoms in total. The Morgan fingerprint density at radius 3 is 2.60 bits per heavy atom. The molecule has 3 N–H and O–H groups in total. The van der Waals surface area contributed by atoms with Crippen LogP contribution in [0.1, 0.15) is 39.1 Å². The molecule has 3 aliphatic rings. The predicted octanol–water partition coefficient (Wildman–Crippen LogP) is -1.44. The average Bonchev–Trinajstić information content (AvgIpc) is 3.25. The van der Waals surface area contributed by atoms with Crippen molar-refractivity contribution in [2.45, 2.75) is 36.7 Å². The highest BCUT2D eigenvalue weighted by atomic mass is 32.2. The number of rotatable bonds is 5. The van der Waals surface area contributed by atoms with Gasteiger partial charge in [-0.05, 0) is 18.1 Å². The van der Waals surface area contributed by atoms with Crippen molar-refractivity contribution < 1.29 is 27.6 Å². The van der Waals surface area contributed by atoms with Crippen molar-refractivity contribution in [1.29, 1.82) is 0 Å². The summed E-state index contributed by atoms with van der Waals surface area (Å²) in [4.78, 5) is 50.5. The van der Waals surface area contributed by atoms with Crippen LogP contribution in [0.3, 0.4) is 0 Å². The maximum absolute atomic E-state index is 13.1. The molecule has 1 unspecified atom stereocenters. The van der Waals surface area contributed by atoms with Crippen LogP contribution in [-0.4, -0.2) is 73.6 Å². The van der Waals surface area contributed by atoms with Crippen molar-refractivity contribution >= 4 is 33.5 Å². The third kappa shape index (κ3) is 3.53. The van der Waals surface area contributed by atoms with Gasteiger partial charge in [-0.3, -0.25) is 29.4 Å². The second-order valence-electron chi connectivity index (χ2n) is 7.80. The van der Waals surface area contributed by atoms with Gasteiger partial charge in [0.2, 0.25) is 11.8 Å². The molecule has 3 heterocycles. The van der Waals surface area contributed by atoms with Crippen LogP contribution >= 0.6 is 0 Å². The van der Waals surface area contributed by atoms with Gasteiger partial charge in [-0.1, -0.05) is 12.1 Å². The molecule has 3 atom stereocenters. The Balaban J connectivity index is 1.56. The molecule has 4 amide bonds. The summed E-state index contributed by atoms with van der Waals surface area (Å²) in [5.74, 6) is -2.23. The molecule has 0 radical (unpaired) electrons. The standard InChI is InChI=1S/C19H22N4O6S/c1-30(28,29)14-9-20-8-12(14)21-7-10-3-2-4-11-16(10)19(27)23(18(11)26)13-5-6-15(24)22-17(13)25/h2-4,12-14,20-21H,5-9H2,1H3,(H,22,24,25)/t12-,13?,14-/m1/s1. The molecule has 3 aliphatic heterocycles. The highest BCUT2D eigenvalue weighted by Crippen LogP contribution is 2.30. The van der Waals surface area contributed by atoms with Gasteiger partial charge in [-0.25, -0.2) is 8.42 Å². The SMILES string of the molecule is CS(=O)(=O)[C@@H]1CNC[C@H]1NCc1cccc2c1C(=O)N(C1CCC(=O)NC1=O)C2=O. The van der Waals surface area contributed by atoms with Crippen molar-refractivity contribution in [3.8, 4) is 0 Å². The van der Waals surface area contributed by atoms with E-state index in [2.05, 4.69) is 16.0 Å². The summed E-state index contributed by atoms with van der Waals surface area (Å²) in [6.45, 7) is 1.02. The van der Waals surface area contributed by atoms with Crippen molar-refractivity contribution in [2.75, 3.05) is 19.3 Å². The second kappa shape index (κ2) is 7.56. The van der Waals surface area contributed by atoms with Crippen LogP contribution in [0.5, 0.6) is 0 Å². The van der Waals surface area contributed by atoms with Crippen molar-refractivity contribution in [2.24, 2.45) is 0 Å². The highest BCUT2D eigenvalue weighted by Gasteiger charge is 2.45. The lowest BCUT2D eigenvalue weighted by atomic mass is 10.0. The Labute approximate surface area is 173 Å². The van der Waals surface area contributed by atoms with E-state index in [1.807, 2.05) is 0 Å². The number of benzene rings is 1. The second-order valence-corrected chi connectivity index (χ2v) is 10.1. The zero-order valence-electron chi connectivity index (χ0n) is 16.3. The fraction of sp³-hybridized carbons (Fsp3) is 0.474. The first-order valence-corrected chi connectivity index (χ1v) is 11.6. The van der Waals surface area contributed by atoms with E-state index >= 15 is 0 Å². The lowest BCUT2D eigenvalue weighted by molar-refractivity contribution is -0.136. The number of carbonyl (C=O) groups excluding carboxylic acids is 4. The van der Waals surface area contributed by atoms with E-state index in [0.717, 1.165) is 4.90 Å². The summed E-state index contributed by atoms with van der Waals surface area (Å²) in [6, 6.07) is 3.53. The Morgan fingerprint density at radius 2 is 1.90 bits per heavy atom. The molecule has 0 spiro atoms. The zero-order chi connectivity index (χ0) is 21.6. The Morgan fingerprint density at radius 1 is 1.13 bits per heavy atom. The van der Waals surface area contributed by atoms with Gasteiger partial charge in [-0.2, -0.15) is 0 Å². The molecular formula is C19H22N4O6S. The summed E-state index contributed by atoms with van der Waals surface area (Å²) < 4.78 is 23.9. The van der Waals surface area contributed by atoms with E-state index in [1.54, 1.807) is 12.1 Å². The van der Waals surface area contributed by atoms with Crippen LogP contribution in [0.2, 0.25) is 0 Å². The smallest absolute Gasteiger partial charge is 0.262 e. The Bertz CT molecular complexity index is 1050. The van der Waals surface area contributed by atoms with E-state index in [-0.39, 0.29) is 36.6 Å². The summed E-state index contributed by atoms with van der Waals surface area (Å²) >= 11 is 0. The van der Waals surface area contributed by atoms with Crippen LogP contribution in [-0.2, 0) is 26.0 Å². The number of nitrogens with one attached hydrogen (secondary N) is 3. The van der Waals surface area contributed by atoms with Gasteiger partial charge < -0.3 is 10.6 Å². The third-order valence-corrected chi connectivity index (χ3v) is 7.41. The molecule has 0 aromatic heterocycles. The highest BCUT2D eigenvalue weighted by molar-refractivity contribution is 7.91. The molecule has 1 aromatic carbocycles. The van der Waals surface area contributed by atoms with Crippen LogP contribution in [0.4, 0.5) is 0 Å². The predicted molar refractivity (Wildman–Crippen MR) is 105 cm³/mol. The Kier molecular flexibility index (Phi) is 5.20. The molecule has 2 saturated heterocycles. The molecule has 11 heteroatoms. The molecule has 30 heavy (non-hydrogen) atoms. The van der Waals surface area contributed by atoms with Gasteiger partial charge in [-0.15, -0.1) is 0 Å². The molecule has 0 aliphatic carbocycles. The van der Waals surface area contributed by atoms with Gasteiger partial charge in [0.15, 0.2) is 9.84 Å². The van der Waals surface area contributed by atoms with Gasteiger partial charge in [0.1, 0.15) is 6.04 Å². The number of piperidine rings is 1. The van der Waals surface area contributed by atoms with Crippen molar-refractivity contribution in [3.05, 3.63) is 34.9 Å². The minimum atomic E-state index is -3.25. The first kappa shape index (κ1) is 20.6. The lowest BCUT2D eigenvalue weighted by Gasteiger charge is -2.27. The van der Waals surface area contributed by atoms with Crippen LogP contribution in [0.25, 0.3) is 0 Å². The van der Waals surface area contributed by atoms with Gasteiger partial charge in [0.05, 0.1) is 16.4 Å². The van der Waals surface area contributed by atoms with Crippen LogP contribution < -0.4 is 16.0 Å². The normalized spacial score (nSPS) is 26.8. The number of hydrogen-bond acceptors (Lipinski definition) is 8. The van der Waals surface area contributed by atoms with Crippen LogP contribution in [0, 0.1) is 0 Å². The molecule has 0 saturated carbocycles. The molecule has 160 valence electrons. The molecule has 4 rings (SSSR count). The average molecular weight is 434 g/mol. The largest absolute Gasteiger partial charge is 0.314 e. The monoisotopic (exact) mass is 434 g/mol. The zero-order valence-corrected chi connectivity index (χ0v) is 17.1. The maximum Gasteiger partial charge on any atom is 0.262 e. The summed E-state index contributed by atoms with van der Waals surface area (Å²) in [6.07, 6.45) is 1.34. The maximum atomic E-state index is 13.1. The van der Waals surface area contributed by atoms with Gasteiger partial charge in [0.25, 0.3) is 11.8 Å². The number of nitrogens with zero attached hydrogens (tertiary/aromatic N) is 1. The van der Waals surface area contributed by atoms with Crippen molar-refractivity contribution in [1.82, 2.24) is 20.9 Å². The number of amides is 4.